The maximum Gasteiger partial charge on any atom is 0.303 e. The van der Waals surface area contributed by atoms with Gasteiger partial charge in [-0.15, -0.1) is 0 Å². The minimum Gasteiger partial charge on any atom is -0.481 e. The van der Waals surface area contributed by atoms with Gasteiger partial charge in [0.2, 0.25) is 11.8 Å². The number of piperidine rings is 1. The van der Waals surface area contributed by atoms with Crippen molar-refractivity contribution in [1.29, 1.82) is 0 Å². The van der Waals surface area contributed by atoms with E-state index in [4.69, 9.17) is 5.11 Å². The first-order chi connectivity index (χ1) is 12.5. The van der Waals surface area contributed by atoms with Crippen LogP contribution in [0.25, 0.3) is 0 Å². The zero-order valence-electron chi connectivity index (χ0n) is 15.4. The molecule has 0 bridgehead atoms. The van der Waals surface area contributed by atoms with Gasteiger partial charge in [-0.3, -0.25) is 14.4 Å². The molecule has 1 aromatic rings. The van der Waals surface area contributed by atoms with Crippen molar-refractivity contribution >= 4 is 17.8 Å². The van der Waals surface area contributed by atoms with Gasteiger partial charge in [-0.05, 0) is 37.7 Å². The molecule has 6 heteroatoms. The molecule has 0 saturated carbocycles. The van der Waals surface area contributed by atoms with E-state index in [0.29, 0.717) is 25.9 Å². The van der Waals surface area contributed by atoms with Crippen molar-refractivity contribution in [3.05, 3.63) is 35.9 Å². The van der Waals surface area contributed by atoms with Crippen molar-refractivity contribution < 1.29 is 19.5 Å². The van der Waals surface area contributed by atoms with E-state index in [1.165, 1.54) is 6.92 Å². The highest BCUT2D eigenvalue weighted by atomic mass is 16.4. The molecule has 1 fully saturated rings. The number of aliphatic carboxylic acids is 1. The number of rotatable bonds is 8. The monoisotopic (exact) mass is 360 g/mol. The fourth-order valence-corrected chi connectivity index (χ4v) is 3.43. The summed E-state index contributed by atoms with van der Waals surface area (Å²) in [4.78, 5) is 38.9. The number of hydrogen-bond donors (Lipinski definition) is 1. The zero-order chi connectivity index (χ0) is 18.9. The lowest BCUT2D eigenvalue weighted by atomic mass is 9.97. The summed E-state index contributed by atoms with van der Waals surface area (Å²) in [5, 5.41) is 8.91. The Hall–Kier alpha value is -2.37. The first-order valence-electron chi connectivity index (χ1n) is 9.28. The second-order valence-corrected chi connectivity index (χ2v) is 6.85. The predicted molar refractivity (Wildman–Crippen MR) is 98.6 cm³/mol. The third-order valence-electron chi connectivity index (χ3n) is 4.92. The molecule has 1 heterocycles. The molecule has 0 radical (unpaired) electrons. The lowest BCUT2D eigenvalue weighted by molar-refractivity contribution is -0.143. The van der Waals surface area contributed by atoms with Gasteiger partial charge in [0.15, 0.2) is 0 Å². The minimum absolute atomic E-state index is 0.0321. The van der Waals surface area contributed by atoms with Crippen LogP contribution in [-0.2, 0) is 20.8 Å². The summed E-state index contributed by atoms with van der Waals surface area (Å²) in [6.07, 6.45) is 4.03. The van der Waals surface area contributed by atoms with Gasteiger partial charge < -0.3 is 14.9 Å². The molecule has 1 aliphatic heterocycles. The summed E-state index contributed by atoms with van der Waals surface area (Å²) in [5.74, 6) is -1.03. The van der Waals surface area contributed by atoms with Crippen LogP contribution in [0, 0.1) is 0 Å². The van der Waals surface area contributed by atoms with Crippen LogP contribution in [0.1, 0.15) is 44.6 Å². The molecule has 26 heavy (non-hydrogen) atoms. The van der Waals surface area contributed by atoms with E-state index in [2.05, 4.69) is 0 Å². The molecule has 1 atom stereocenters. The maximum absolute atomic E-state index is 12.8. The highest BCUT2D eigenvalue weighted by molar-refractivity contribution is 5.84. The number of benzene rings is 1. The Morgan fingerprint density at radius 2 is 1.92 bits per heavy atom. The number of likely N-dealkylation sites (tertiary alicyclic amines) is 1. The molecule has 2 amide bonds. The third kappa shape index (κ3) is 6.17. The van der Waals surface area contributed by atoms with E-state index in [-0.39, 0.29) is 30.8 Å². The van der Waals surface area contributed by atoms with Gasteiger partial charge in [-0.1, -0.05) is 30.3 Å². The second kappa shape index (κ2) is 9.94. The van der Waals surface area contributed by atoms with Gasteiger partial charge in [0, 0.05) is 32.5 Å². The van der Waals surface area contributed by atoms with Crippen molar-refractivity contribution in [2.45, 2.75) is 51.5 Å². The first kappa shape index (κ1) is 19.9. The van der Waals surface area contributed by atoms with E-state index in [1.807, 2.05) is 30.3 Å². The van der Waals surface area contributed by atoms with Gasteiger partial charge in [-0.2, -0.15) is 0 Å². The zero-order valence-corrected chi connectivity index (χ0v) is 15.4. The number of carbonyl (C=O) groups is 3. The number of carbonyl (C=O) groups excluding carboxylic acids is 2. The summed E-state index contributed by atoms with van der Waals surface area (Å²) in [5.41, 5.74) is 1.13. The van der Waals surface area contributed by atoms with Gasteiger partial charge >= 0.3 is 5.97 Å². The topological polar surface area (TPSA) is 77.9 Å². The Bertz CT molecular complexity index is 617. The van der Waals surface area contributed by atoms with Crippen LogP contribution in [-0.4, -0.2) is 58.4 Å². The number of carboxylic acids is 1. The Kier molecular flexibility index (Phi) is 7.63. The number of carboxylic acid groups (broad SMARTS) is 1. The second-order valence-electron chi connectivity index (χ2n) is 6.85. The molecular weight excluding hydrogens is 332 g/mol. The van der Waals surface area contributed by atoms with Gasteiger partial charge in [0.25, 0.3) is 0 Å². The number of amides is 2. The van der Waals surface area contributed by atoms with Crippen LogP contribution >= 0.6 is 0 Å². The summed E-state index contributed by atoms with van der Waals surface area (Å²) in [6, 6.07) is 9.84. The Balaban J connectivity index is 1.94. The Morgan fingerprint density at radius 3 is 2.58 bits per heavy atom. The largest absolute Gasteiger partial charge is 0.481 e. The normalized spacial score (nSPS) is 17.0. The summed E-state index contributed by atoms with van der Waals surface area (Å²) >= 11 is 0. The molecule has 0 aromatic heterocycles. The van der Waals surface area contributed by atoms with Crippen LogP contribution in [0.15, 0.2) is 30.3 Å². The van der Waals surface area contributed by atoms with E-state index in [9.17, 15) is 14.4 Å². The van der Waals surface area contributed by atoms with E-state index >= 15 is 0 Å². The molecule has 142 valence electrons. The summed E-state index contributed by atoms with van der Waals surface area (Å²) < 4.78 is 0. The quantitative estimate of drug-likeness (QED) is 0.772. The fourth-order valence-electron chi connectivity index (χ4n) is 3.43. The van der Waals surface area contributed by atoms with Gasteiger partial charge in [-0.25, -0.2) is 0 Å². The molecule has 1 unspecified atom stereocenters. The number of hydrogen-bond acceptors (Lipinski definition) is 3. The molecule has 1 N–H and O–H groups in total. The van der Waals surface area contributed by atoms with Crippen LogP contribution < -0.4 is 0 Å². The number of nitrogens with zero attached hydrogens (tertiary/aromatic N) is 2. The standard InChI is InChI=1S/C20H28N2O4/c1-16(23)21(14-12-17-7-3-2-4-8-17)15-19(24)22-13-6-5-9-18(22)10-11-20(25)26/h2-4,7-8,18H,5-6,9-15H2,1H3,(H,25,26). The van der Waals surface area contributed by atoms with Crippen LogP contribution in [0.2, 0.25) is 0 Å². The Labute approximate surface area is 154 Å². The van der Waals surface area contributed by atoms with E-state index in [1.54, 1.807) is 9.80 Å². The molecule has 6 nitrogen and oxygen atoms in total. The average molecular weight is 360 g/mol. The minimum atomic E-state index is -0.837. The Morgan fingerprint density at radius 1 is 1.19 bits per heavy atom. The average Bonchev–Trinajstić information content (AvgIpc) is 2.64. The molecule has 0 spiro atoms. The van der Waals surface area contributed by atoms with Crippen molar-refractivity contribution in [1.82, 2.24) is 9.80 Å². The van der Waals surface area contributed by atoms with Crippen molar-refractivity contribution in [3.63, 3.8) is 0 Å². The van der Waals surface area contributed by atoms with E-state index in [0.717, 1.165) is 24.8 Å². The summed E-state index contributed by atoms with van der Waals surface area (Å²) in [6.45, 7) is 2.69. The molecule has 0 aliphatic carbocycles. The van der Waals surface area contributed by atoms with Crippen molar-refractivity contribution in [2.24, 2.45) is 0 Å². The SMILES string of the molecule is CC(=O)N(CCc1ccccc1)CC(=O)N1CCCCC1CCC(=O)O. The predicted octanol–water partition coefficient (Wildman–Crippen LogP) is 2.32. The van der Waals surface area contributed by atoms with Crippen molar-refractivity contribution in [3.8, 4) is 0 Å². The van der Waals surface area contributed by atoms with Crippen LogP contribution in [0.3, 0.4) is 0 Å². The van der Waals surface area contributed by atoms with E-state index < -0.39 is 5.97 Å². The smallest absolute Gasteiger partial charge is 0.303 e. The molecule has 1 saturated heterocycles. The summed E-state index contributed by atoms with van der Waals surface area (Å²) in [7, 11) is 0. The molecule has 1 aromatic carbocycles. The molecular formula is C20H28N2O4. The van der Waals surface area contributed by atoms with Crippen LogP contribution in [0.4, 0.5) is 0 Å². The van der Waals surface area contributed by atoms with Crippen molar-refractivity contribution in [2.75, 3.05) is 19.6 Å². The fraction of sp³-hybridized carbons (Fsp3) is 0.550. The lowest BCUT2D eigenvalue weighted by Gasteiger charge is -2.37. The molecule has 2 rings (SSSR count). The van der Waals surface area contributed by atoms with Gasteiger partial charge in [0.1, 0.15) is 0 Å². The highest BCUT2D eigenvalue weighted by Gasteiger charge is 2.28. The third-order valence-corrected chi connectivity index (χ3v) is 4.92. The molecule has 1 aliphatic rings. The maximum atomic E-state index is 12.8. The first-order valence-corrected chi connectivity index (χ1v) is 9.28. The van der Waals surface area contributed by atoms with Crippen LogP contribution in [0.5, 0.6) is 0 Å². The highest BCUT2D eigenvalue weighted by Crippen LogP contribution is 2.21. The van der Waals surface area contributed by atoms with Gasteiger partial charge in [0.05, 0.1) is 6.54 Å². The lowest BCUT2D eigenvalue weighted by Crippen LogP contribution is -2.49.